The second-order valence-corrected chi connectivity index (χ2v) is 6.34. The third-order valence-electron chi connectivity index (χ3n) is 4.81. The predicted molar refractivity (Wildman–Crippen MR) is 83.5 cm³/mol. The number of carbonyl (C=O) groups excluding carboxylic acids is 1. The zero-order valence-electron chi connectivity index (χ0n) is 13.0. The Morgan fingerprint density at radius 2 is 1.95 bits per heavy atom. The van der Waals surface area contributed by atoms with Gasteiger partial charge in [-0.05, 0) is 38.3 Å². The molecule has 0 aromatic carbocycles. The van der Waals surface area contributed by atoms with Crippen molar-refractivity contribution in [2.75, 3.05) is 32.7 Å². The van der Waals surface area contributed by atoms with Gasteiger partial charge in [-0.15, -0.1) is 0 Å². The molecule has 6 heteroatoms. The lowest BCUT2D eigenvalue weighted by Gasteiger charge is -2.33. The minimum atomic E-state index is 0.0324. The molecule has 0 unspecified atom stereocenters. The monoisotopic (exact) mass is 304 g/mol. The topological polar surface area (TPSA) is 58.4 Å². The normalized spacial score (nSPS) is 20.7. The fourth-order valence-corrected chi connectivity index (χ4v) is 3.39. The Morgan fingerprint density at radius 1 is 1.14 bits per heavy atom. The summed E-state index contributed by atoms with van der Waals surface area (Å²) in [6, 6.07) is 1.52. The molecule has 0 spiro atoms. The second kappa shape index (κ2) is 7.05. The van der Waals surface area contributed by atoms with Crippen LogP contribution >= 0.6 is 0 Å². The summed E-state index contributed by atoms with van der Waals surface area (Å²) in [5, 5.41) is 0. The van der Waals surface area contributed by atoms with Gasteiger partial charge in [0.1, 0.15) is 0 Å². The third-order valence-corrected chi connectivity index (χ3v) is 4.81. The zero-order valence-corrected chi connectivity index (χ0v) is 13.0. The van der Waals surface area contributed by atoms with Gasteiger partial charge in [-0.1, -0.05) is 0 Å². The summed E-state index contributed by atoms with van der Waals surface area (Å²) in [4.78, 5) is 31.8. The van der Waals surface area contributed by atoms with E-state index in [1.807, 2.05) is 4.90 Å². The highest BCUT2D eigenvalue weighted by atomic mass is 16.2. The molecule has 2 saturated heterocycles. The number of aromatic nitrogens is 2. The number of likely N-dealkylation sites (tertiary alicyclic amines) is 2. The highest BCUT2D eigenvalue weighted by molar-refractivity contribution is 5.78. The van der Waals surface area contributed by atoms with Gasteiger partial charge in [0.15, 0.2) is 0 Å². The fourth-order valence-electron chi connectivity index (χ4n) is 3.39. The molecule has 22 heavy (non-hydrogen) atoms. The van der Waals surface area contributed by atoms with Gasteiger partial charge in [0, 0.05) is 44.9 Å². The maximum atomic E-state index is 11.7. The lowest BCUT2D eigenvalue weighted by atomic mass is 9.96. The zero-order chi connectivity index (χ0) is 15.4. The van der Waals surface area contributed by atoms with E-state index in [-0.39, 0.29) is 5.56 Å². The highest BCUT2D eigenvalue weighted by Crippen LogP contribution is 2.18. The number of hydrogen-bond acceptors (Lipinski definition) is 4. The van der Waals surface area contributed by atoms with Crippen molar-refractivity contribution in [1.29, 1.82) is 0 Å². The first-order chi connectivity index (χ1) is 10.7. The van der Waals surface area contributed by atoms with Crippen molar-refractivity contribution >= 4 is 5.91 Å². The summed E-state index contributed by atoms with van der Waals surface area (Å²) in [5.41, 5.74) is 0.0324. The number of nitrogens with zero attached hydrogens (tertiary/aromatic N) is 4. The number of rotatable bonds is 5. The van der Waals surface area contributed by atoms with Crippen LogP contribution in [0.5, 0.6) is 0 Å². The second-order valence-electron chi connectivity index (χ2n) is 6.34. The van der Waals surface area contributed by atoms with Gasteiger partial charge in [0.05, 0.1) is 6.33 Å². The Hall–Kier alpha value is -1.69. The van der Waals surface area contributed by atoms with Crippen LogP contribution in [0.4, 0.5) is 0 Å². The summed E-state index contributed by atoms with van der Waals surface area (Å²) >= 11 is 0. The van der Waals surface area contributed by atoms with Gasteiger partial charge < -0.3 is 9.80 Å². The lowest BCUT2D eigenvalue weighted by Crippen LogP contribution is -2.41. The van der Waals surface area contributed by atoms with E-state index in [1.54, 1.807) is 17.1 Å². The van der Waals surface area contributed by atoms with Gasteiger partial charge in [0.25, 0.3) is 5.56 Å². The molecule has 0 radical (unpaired) electrons. The molecule has 2 aliphatic rings. The van der Waals surface area contributed by atoms with Gasteiger partial charge >= 0.3 is 0 Å². The summed E-state index contributed by atoms with van der Waals surface area (Å²) in [5.74, 6) is 0.859. The molecular weight excluding hydrogens is 280 g/mol. The first-order valence-electron chi connectivity index (χ1n) is 8.23. The van der Waals surface area contributed by atoms with Crippen LogP contribution in [0.1, 0.15) is 25.7 Å². The molecule has 1 aromatic heterocycles. The molecule has 3 heterocycles. The molecule has 1 amide bonds. The maximum Gasteiger partial charge on any atom is 0.253 e. The first kappa shape index (κ1) is 15.2. The fraction of sp³-hybridized carbons (Fsp3) is 0.688. The van der Waals surface area contributed by atoms with E-state index in [9.17, 15) is 9.59 Å². The van der Waals surface area contributed by atoms with Crippen molar-refractivity contribution in [2.45, 2.75) is 32.2 Å². The number of amides is 1. The van der Waals surface area contributed by atoms with Gasteiger partial charge in [0.2, 0.25) is 5.91 Å². The van der Waals surface area contributed by atoms with Crippen LogP contribution in [-0.4, -0.2) is 58.0 Å². The SMILES string of the molecule is O=C1CCCN1CCN1CCC(Cn2cnccc2=O)CC1. The van der Waals surface area contributed by atoms with E-state index in [4.69, 9.17) is 0 Å². The Balaban J connectivity index is 1.41. The van der Waals surface area contributed by atoms with Gasteiger partial charge in [-0.25, -0.2) is 4.98 Å². The minimum Gasteiger partial charge on any atom is -0.341 e. The van der Waals surface area contributed by atoms with Crippen LogP contribution in [-0.2, 0) is 11.3 Å². The van der Waals surface area contributed by atoms with Crippen molar-refractivity contribution in [3.8, 4) is 0 Å². The third kappa shape index (κ3) is 3.74. The number of hydrogen-bond donors (Lipinski definition) is 0. The average molecular weight is 304 g/mol. The molecule has 0 bridgehead atoms. The molecule has 2 aliphatic heterocycles. The van der Waals surface area contributed by atoms with Crippen LogP contribution in [0.15, 0.2) is 23.4 Å². The van der Waals surface area contributed by atoms with E-state index in [0.29, 0.717) is 11.8 Å². The van der Waals surface area contributed by atoms with E-state index < -0.39 is 0 Å². The Kier molecular flexibility index (Phi) is 4.87. The van der Waals surface area contributed by atoms with E-state index in [0.717, 1.165) is 65.0 Å². The first-order valence-corrected chi connectivity index (χ1v) is 8.23. The predicted octanol–water partition coefficient (Wildman–Crippen LogP) is 0.578. The summed E-state index contributed by atoms with van der Waals surface area (Å²) in [7, 11) is 0. The van der Waals surface area contributed by atoms with Crippen molar-refractivity contribution < 1.29 is 4.79 Å². The van der Waals surface area contributed by atoms with Crippen LogP contribution in [0, 0.1) is 5.92 Å². The number of piperidine rings is 1. The van der Waals surface area contributed by atoms with Crippen molar-refractivity contribution in [2.24, 2.45) is 5.92 Å². The lowest BCUT2D eigenvalue weighted by molar-refractivity contribution is -0.127. The van der Waals surface area contributed by atoms with E-state index in [1.165, 1.54) is 6.07 Å². The molecule has 120 valence electrons. The van der Waals surface area contributed by atoms with E-state index in [2.05, 4.69) is 9.88 Å². The molecule has 6 nitrogen and oxygen atoms in total. The molecule has 0 aliphatic carbocycles. The summed E-state index contributed by atoms with van der Waals surface area (Å²) < 4.78 is 1.71. The van der Waals surface area contributed by atoms with Crippen LogP contribution in [0.3, 0.4) is 0 Å². The van der Waals surface area contributed by atoms with Crippen molar-refractivity contribution in [1.82, 2.24) is 19.4 Å². The molecule has 0 N–H and O–H groups in total. The highest BCUT2D eigenvalue weighted by Gasteiger charge is 2.23. The summed E-state index contributed by atoms with van der Waals surface area (Å²) in [6.45, 7) is 5.66. The molecular formula is C16H24N4O2. The van der Waals surface area contributed by atoms with E-state index >= 15 is 0 Å². The minimum absolute atomic E-state index is 0.0324. The molecule has 3 rings (SSSR count). The Morgan fingerprint density at radius 3 is 2.64 bits per heavy atom. The van der Waals surface area contributed by atoms with Crippen LogP contribution < -0.4 is 5.56 Å². The maximum absolute atomic E-state index is 11.7. The van der Waals surface area contributed by atoms with Crippen molar-refractivity contribution in [3.63, 3.8) is 0 Å². The van der Waals surface area contributed by atoms with Gasteiger partial charge in [-0.3, -0.25) is 14.2 Å². The van der Waals surface area contributed by atoms with Gasteiger partial charge in [-0.2, -0.15) is 0 Å². The smallest absolute Gasteiger partial charge is 0.253 e. The molecule has 1 aromatic rings. The van der Waals surface area contributed by atoms with Crippen molar-refractivity contribution in [3.05, 3.63) is 28.9 Å². The Labute approximate surface area is 130 Å². The average Bonchev–Trinajstić information content (AvgIpc) is 2.94. The molecule has 0 atom stereocenters. The Bertz CT molecular complexity index is 563. The standard InChI is InChI=1S/C16H24N4O2/c21-15-2-1-7-19(15)11-10-18-8-4-14(5-9-18)12-20-13-17-6-3-16(20)22/h3,6,13-14H,1-2,4-5,7-12H2. The number of carbonyl (C=O) groups is 1. The van der Waals surface area contributed by atoms with Crippen LogP contribution in [0.25, 0.3) is 0 Å². The largest absolute Gasteiger partial charge is 0.341 e. The molecule has 2 fully saturated rings. The quantitative estimate of drug-likeness (QED) is 0.798. The molecule has 0 saturated carbocycles. The summed E-state index contributed by atoms with van der Waals surface area (Å²) in [6.07, 6.45) is 7.13. The van der Waals surface area contributed by atoms with Crippen LogP contribution in [0.2, 0.25) is 0 Å².